The first-order valence-electron chi connectivity index (χ1n) is 8.18. The van der Waals surface area contributed by atoms with Crippen LogP contribution in [0.3, 0.4) is 0 Å². The van der Waals surface area contributed by atoms with Crippen LogP contribution < -0.4 is 15.2 Å². The zero-order chi connectivity index (χ0) is 19.0. The summed E-state index contributed by atoms with van der Waals surface area (Å²) >= 11 is 0. The van der Waals surface area contributed by atoms with Gasteiger partial charge in [0.25, 0.3) is 0 Å². The smallest absolute Gasteiger partial charge is 0.244 e. The lowest BCUT2D eigenvalue weighted by atomic mass is 9.83. The Morgan fingerprint density at radius 3 is 2.81 bits per heavy atom. The molecular weight excluding hydrogens is 347 g/mol. The van der Waals surface area contributed by atoms with Crippen LogP contribution in [0.15, 0.2) is 60.0 Å². The lowest BCUT2D eigenvalue weighted by molar-refractivity contribution is 0.378. The molecule has 0 unspecified atom stereocenters. The number of nitrogens with one attached hydrogen (secondary N) is 1. The van der Waals surface area contributed by atoms with Crippen molar-refractivity contribution in [3.05, 3.63) is 76.9 Å². The average molecular weight is 362 g/mol. The molecule has 0 amide bonds. The van der Waals surface area contributed by atoms with Crippen LogP contribution in [0.5, 0.6) is 11.6 Å². The summed E-state index contributed by atoms with van der Waals surface area (Å²) in [6, 6.07) is 15.7. The van der Waals surface area contributed by atoms with Gasteiger partial charge in [-0.05, 0) is 18.2 Å². The van der Waals surface area contributed by atoms with E-state index in [1.165, 1.54) is 6.07 Å². The Balaban J connectivity index is 1.97. The number of H-pyrrole nitrogens is 1. The Hall–Kier alpha value is -3.79. The molecule has 0 spiro atoms. The minimum atomic E-state index is -0.736. The third-order valence-electron chi connectivity index (χ3n) is 4.51. The Morgan fingerprint density at radius 1 is 1.26 bits per heavy atom. The quantitative estimate of drug-likeness (QED) is 0.744. The molecule has 27 heavy (non-hydrogen) atoms. The maximum atomic E-state index is 14.6. The van der Waals surface area contributed by atoms with E-state index in [1.807, 2.05) is 24.3 Å². The standard InChI is InChI=1S/C20H15FN4O2/c1-26-12-6-4-5-11(9-12)18-17-16(13-7-2-3-8-15(13)21)14(10-22)19(23)27-20(17)25-24-18/h2-9,16H,23H2,1H3,(H,24,25)/t16-/m1/s1. The second-order valence-corrected chi connectivity index (χ2v) is 6.00. The van der Waals surface area contributed by atoms with Crippen molar-refractivity contribution in [2.24, 2.45) is 5.73 Å². The van der Waals surface area contributed by atoms with Crippen LogP contribution in [0.2, 0.25) is 0 Å². The van der Waals surface area contributed by atoms with Crippen molar-refractivity contribution in [1.82, 2.24) is 10.2 Å². The molecule has 4 rings (SSSR count). The van der Waals surface area contributed by atoms with E-state index >= 15 is 0 Å². The molecule has 1 aliphatic rings. The van der Waals surface area contributed by atoms with Crippen molar-refractivity contribution < 1.29 is 13.9 Å². The van der Waals surface area contributed by atoms with E-state index in [0.717, 1.165) is 5.56 Å². The summed E-state index contributed by atoms with van der Waals surface area (Å²) in [4.78, 5) is 0. The minimum absolute atomic E-state index is 0.0815. The first-order chi connectivity index (χ1) is 13.1. The van der Waals surface area contributed by atoms with Crippen LogP contribution in [0.25, 0.3) is 11.3 Å². The maximum Gasteiger partial charge on any atom is 0.244 e. The van der Waals surface area contributed by atoms with E-state index in [4.69, 9.17) is 15.2 Å². The van der Waals surface area contributed by atoms with Gasteiger partial charge in [-0.3, -0.25) is 5.10 Å². The lowest BCUT2D eigenvalue weighted by Crippen LogP contribution is -2.21. The van der Waals surface area contributed by atoms with Crippen molar-refractivity contribution in [3.63, 3.8) is 0 Å². The van der Waals surface area contributed by atoms with Gasteiger partial charge in [0, 0.05) is 11.1 Å². The largest absolute Gasteiger partial charge is 0.497 e. The van der Waals surface area contributed by atoms with Gasteiger partial charge in [0.1, 0.15) is 23.2 Å². The third kappa shape index (κ3) is 2.68. The Labute approximate surface area is 154 Å². The Morgan fingerprint density at radius 2 is 2.07 bits per heavy atom. The number of rotatable bonds is 3. The highest BCUT2D eigenvalue weighted by Gasteiger charge is 2.36. The number of fused-ring (bicyclic) bond motifs is 1. The molecule has 0 saturated carbocycles. The first kappa shape index (κ1) is 16.7. The van der Waals surface area contributed by atoms with E-state index in [-0.39, 0.29) is 17.3 Å². The van der Waals surface area contributed by atoms with Crippen LogP contribution in [-0.4, -0.2) is 17.3 Å². The van der Waals surface area contributed by atoms with E-state index in [1.54, 1.807) is 25.3 Å². The van der Waals surface area contributed by atoms with Crippen LogP contribution in [-0.2, 0) is 0 Å². The summed E-state index contributed by atoms with van der Waals surface area (Å²) in [5, 5.41) is 16.8. The Bertz CT molecular complexity index is 1100. The van der Waals surface area contributed by atoms with E-state index in [0.29, 0.717) is 22.6 Å². The molecule has 0 saturated heterocycles. The molecule has 2 aromatic carbocycles. The zero-order valence-electron chi connectivity index (χ0n) is 14.4. The number of nitriles is 1. The van der Waals surface area contributed by atoms with Gasteiger partial charge in [0.15, 0.2) is 0 Å². The SMILES string of the molecule is COc1cccc(-c2[nH]nc3c2[C@H](c2ccccc2F)C(C#N)=C(N)O3)c1. The van der Waals surface area contributed by atoms with Crippen molar-refractivity contribution in [2.45, 2.75) is 5.92 Å². The summed E-state index contributed by atoms with van der Waals surface area (Å²) < 4.78 is 25.4. The lowest BCUT2D eigenvalue weighted by Gasteiger charge is -2.24. The highest BCUT2D eigenvalue weighted by molar-refractivity contribution is 5.71. The van der Waals surface area contributed by atoms with E-state index in [2.05, 4.69) is 16.3 Å². The number of allylic oxidation sites excluding steroid dienone is 1. The zero-order valence-corrected chi connectivity index (χ0v) is 14.4. The van der Waals surface area contributed by atoms with Crippen LogP contribution in [0.1, 0.15) is 17.0 Å². The number of hydrogen-bond acceptors (Lipinski definition) is 5. The number of aromatic nitrogens is 2. The monoisotopic (exact) mass is 362 g/mol. The molecule has 0 fully saturated rings. The fraction of sp³-hybridized carbons (Fsp3) is 0.100. The molecule has 2 heterocycles. The molecule has 134 valence electrons. The van der Waals surface area contributed by atoms with Gasteiger partial charge in [-0.25, -0.2) is 4.39 Å². The molecule has 7 heteroatoms. The molecule has 0 bridgehead atoms. The fourth-order valence-electron chi connectivity index (χ4n) is 3.26. The summed E-state index contributed by atoms with van der Waals surface area (Å²) in [7, 11) is 1.57. The second kappa shape index (κ2) is 6.50. The number of hydrogen-bond donors (Lipinski definition) is 2. The molecule has 3 aromatic rings. The van der Waals surface area contributed by atoms with Crippen molar-refractivity contribution in [2.75, 3.05) is 7.11 Å². The molecule has 1 aliphatic heterocycles. The predicted octanol–water partition coefficient (Wildman–Crippen LogP) is 3.44. The maximum absolute atomic E-state index is 14.6. The first-order valence-corrected chi connectivity index (χ1v) is 8.18. The predicted molar refractivity (Wildman–Crippen MR) is 96.3 cm³/mol. The third-order valence-corrected chi connectivity index (χ3v) is 4.51. The molecule has 6 nitrogen and oxygen atoms in total. The molecular formula is C20H15FN4O2. The number of ether oxygens (including phenoxy) is 2. The van der Waals surface area contributed by atoms with Crippen molar-refractivity contribution >= 4 is 0 Å². The van der Waals surface area contributed by atoms with Gasteiger partial charge in [0.05, 0.1) is 24.3 Å². The highest BCUT2D eigenvalue weighted by atomic mass is 19.1. The van der Waals surface area contributed by atoms with Crippen LogP contribution >= 0.6 is 0 Å². The van der Waals surface area contributed by atoms with Gasteiger partial charge in [-0.1, -0.05) is 30.3 Å². The van der Waals surface area contributed by atoms with E-state index < -0.39 is 11.7 Å². The number of nitrogens with zero attached hydrogens (tertiary/aromatic N) is 2. The average Bonchev–Trinajstić information content (AvgIpc) is 3.11. The molecule has 0 radical (unpaired) electrons. The van der Waals surface area contributed by atoms with E-state index in [9.17, 15) is 9.65 Å². The second-order valence-electron chi connectivity index (χ2n) is 6.00. The topological polar surface area (TPSA) is 97.0 Å². The van der Waals surface area contributed by atoms with Crippen LogP contribution in [0.4, 0.5) is 4.39 Å². The van der Waals surface area contributed by atoms with Gasteiger partial charge >= 0.3 is 0 Å². The number of halogens is 1. The summed E-state index contributed by atoms with van der Waals surface area (Å²) in [5.41, 5.74) is 8.31. The number of nitrogens with two attached hydrogens (primary N) is 1. The van der Waals surface area contributed by atoms with Crippen LogP contribution in [0, 0.1) is 17.1 Å². The van der Waals surface area contributed by atoms with Gasteiger partial charge in [-0.2, -0.15) is 5.26 Å². The normalized spacial score (nSPS) is 15.7. The van der Waals surface area contributed by atoms with Gasteiger partial charge in [-0.15, -0.1) is 5.10 Å². The summed E-state index contributed by atoms with van der Waals surface area (Å²) in [5.74, 6) is -0.376. The van der Waals surface area contributed by atoms with Gasteiger partial charge < -0.3 is 15.2 Å². The highest BCUT2D eigenvalue weighted by Crippen LogP contribution is 2.46. The summed E-state index contributed by atoms with van der Waals surface area (Å²) in [6.45, 7) is 0. The number of methoxy groups -OCH3 is 1. The summed E-state index contributed by atoms with van der Waals surface area (Å²) in [6.07, 6.45) is 0. The van der Waals surface area contributed by atoms with Crippen molar-refractivity contribution in [1.29, 1.82) is 5.26 Å². The number of aromatic amines is 1. The molecule has 3 N–H and O–H groups in total. The minimum Gasteiger partial charge on any atom is -0.497 e. The number of benzene rings is 2. The fourth-order valence-corrected chi connectivity index (χ4v) is 3.26. The molecule has 1 atom stereocenters. The van der Waals surface area contributed by atoms with Crippen molar-refractivity contribution in [3.8, 4) is 29.0 Å². The molecule has 0 aliphatic carbocycles. The molecule has 1 aromatic heterocycles. The van der Waals surface area contributed by atoms with Gasteiger partial charge in [0.2, 0.25) is 11.8 Å². The Kier molecular flexibility index (Phi) is 4.01.